The highest BCUT2D eigenvalue weighted by Gasteiger charge is 2.29. The smallest absolute Gasteiger partial charge is 0.220 e. The van der Waals surface area contributed by atoms with Gasteiger partial charge in [-0.15, -0.1) is 0 Å². The monoisotopic (exact) mass is 241 g/mol. The highest BCUT2D eigenvalue weighted by Crippen LogP contribution is 2.15. The minimum atomic E-state index is 0.0602. The summed E-state index contributed by atoms with van der Waals surface area (Å²) in [4.78, 5) is 16.3. The average Bonchev–Trinajstić information content (AvgIpc) is 2.28. The van der Waals surface area contributed by atoms with Crippen molar-refractivity contribution in [2.75, 3.05) is 39.8 Å². The minimum Gasteiger partial charge on any atom is -0.354 e. The first-order valence-electron chi connectivity index (χ1n) is 6.66. The van der Waals surface area contributed by atoms with Crippen molar-refractivity contribution in [1.29, 1.82) is 0 Å². The molecule has 0 radical (unpaired) electrons. The summed E-state index contributed by atoms with van der Waals surface area (Å²) in [6, 6.07) is 0. The molecule has 0 spiro atoms. The number of carbonyl (C=O) groups excluding carboxylic acids is 1. The number of likely N-dealkylation sites (N-methyl/N-ethyl adjacent to an activating group) is 1. The summed E-state index contributed by atoms with van der Waals surface area (Å²) in [6.45, 7) is 11.6. The first kappa shape index (κ1) is 14.5. The van der Waals surface area contributed by atoms with Crippen molar-refractivity contribution in [3.63, 3.8) is 0 Å². The predicted octanol–water partition coefficient (Wildman–Crippen LogP) is 0.929. The molecule has 1 amide bonds. The molecule has 0 atom stereocenters. The molecule has 0 bridgehead atoms. The van der Waals surface area contributed by atoms with Gasteiger partial charge in [0.2, 0.25) is 5.91 Å². The van der Waals surface area contributed by atoms with Crippen molar-refractivity contribution >= 4 is 5.91 Å². The number of hydrogen-bond donors (Lipinski definition) is 1. The molecule has 1 aliphatic rings. The van der Waals surface area contributed by atoms with Gasteiger partial charge in [-0.3, -0.25) is 9.69 Å². The van der Waals surface area contributed by atoms with E-state index in [1.54, 1.807) is 0 Å². The van der Waals surface area contributed by atoms with Gasteiger partial charge in [0.15, 0.2) is 0 Å². The average molecular weight is 241 g/mol. The van der Waals surface area contributed by atoms with Crippen LogP contribution < -0.4 is 5.32 Å². The van der Waals surface area contributed by atoms with E-state index in [9.17, 15) is 4.79 Å². The van der Waals surface area contributed by atoms with E-state index in [1.165, 1.54) is 0 Å². The highest BCUT2D eigenvalue weighted by atomic mass is 16.1. The molecular formula is C13H27N3O. The standard InChI is InChI=1S/C13H27N3O/c1-5-6-12(17)14-11-13(2,3)16-9-7-15(4)8-10-16/h5-11H2,1-4H3,(H,14,17). The molecule has 1 fully saturated rings. The lowest BCUT2D eigenvalue weighted by molar-refractivity contribution is -0.121. The highest BCUT2D eigenvalue weighted by molar-refractivity contribution is 5.75. The SMILES string of the molecule is CCCC(=O)NCC(C)(C)N1CCN(C)CC1. The lowest BCUT2D eigenvalue weighted by Gasteiger charge is -2.43. The van der Waals surface area contributed by atoms with Crippen LogP contribution in [-0.2, 0) is 4.79 Å². The Labute approximate surface area is 105 Å². The van der Waals surface area contributed by atoms with Crippen LogP contribution in [-0.4, -0.2) is 61.0 Å². The maximum atomic E-state index is 11.5. The molecule has 0 unspecified atom stereocenters. The summed E-state index contributed by atoms with van der Waals surface area (Å²) in [5.74, 6) is 0.176. The molecule has 1 saturated heterocycles. The van der Waals surface area contributed by atoms with E-state index in [-0.39, 0.29) is 11.4 Å². The van der Waals surface area contributed by atoms with E-state index in [1.807, 2.05) is 6.92 Å². The second-order valence-electron chi connectivity index (χ2n) is 5.63. The zero-order valence-corrected chi connectivity index (χ0v) is 11.8. The number of amides is 1. The van der Waals surface area contributed by atoms with Crippen LogP contribution >= 0.6 is 0 Å². The van der Waals surface area contributed by atoms with Gasteiger partial charge in [0.1, 0.15) is 0 Å². The van der Waals surface area contributed by atoms with Crippen molar-refractivity contribution in [3.05, 3.63) is 0 Å². The Morgan fingerprint density at radius 3 is 2.35 bits per heavy atom. The third kappa shape index (κ3) is 4.64. The largest absolute Gasteiger partial charge is 0.354 e. The number of nitrogens with zero attached hydrogens (tertiary/aromatic N) is 2. The van der Waals surface area contributed by atoms with E-state index in [2.05, 4.69) is 36.0 Å². The van der Waals surface area contributed by atoms with E-state index >= 15 is 0 Å². The van der Waals surface area contributed by atoms with Crippen molar-refractivity contribution < 1.29 is 4.79 Å². The van der Waals surface area contributed by atoms with E-state index in [0.717, 1.165) is 39.1 Å². The van der Waals surface area contributed by atoms with Crippen LogP contribution in [0.5, 0.6) is 0 Å². The molecular weight excluding hydrogens is 214 g/mol. The molecule has 1 heterocycles. The molecule has 100 valence electrons. The van der Waals surface area contributed by atoms with Crippen molar-refractivity contribution in [3.8, 4) is 0 Å². The quantitative estimate of drug-likeness (QED) is 0.778. The van der Waals surface area contributed by atoms with Gasteiger partial charge in [-0.25, -0.2) is 0 Å². The minimum absolute atomic E-state index is 0.0602. The van der Waals surface area contributed by atoms with E-state index in [4.69, 9.17) is 0 Å². The summed E-state index contributed by atoms with van der Waals surface area (Å²) in [5.41, 5.74) is 0.0602. The molecule has 17 heavy (non-hydrogen) atoms. The van der Waals surface area contributed by atoms with Gasteiger partial charge in [0.05, 0.1) is 0 Å². The topological polar surface area (TPSA) is 35.6 Å². The maximum absolute atomic E-state index is 11.5. The fourth-order valence-corrected chi connectivity index (χ4v) is 2.15. The van der Waals surface area contributed by atoms with Gasteiger partial charge >= 0.3 is 0 Å². The summed E-state index contributed by atoms with van der Waals surface area (Å²) >= 11 is 0. The third-order valence-corrected chi connectivity index (χ3v) is 3.55. The van der Waals surface area contributed by atoms with Crippen molar-refractivity contribution in [1.82, 2.24) is 15.1 Å². The summed E-state index contributed by atoms with van der Waals surface area (Å²) in [6.07, 6.45) is 1.56. The zero-order valence-electron chi connectivity index (χ0n) is 11.8. The number of hydrogen-bond acceptors (Lipinski definition) is 3. The predicted molar refractivity (Wildman–Crippen MR) is 71.1 cm³/mol. The molecule has 4 nitrogen and oxygen atoms in total. The Morgan fingerprint density at radius 2 is 1.82 bits per heavy atom. The van der Waals surface area contributed by atoms with E-state index in [0.29, 0.717) is 6.42 Å². The second kappa shape index (κ2) is 6.36. The molecule has 1 N–H and O–H groups in total. The Morgan fingerprint density at radius 1 is 1.24 bits per heavy atom. The molecule has 1 aliphatic heterocycles. The number of nitrogens with one attached hydrogen (secondary N) is 1. The van der Waals surface area contributed by atoms with Crippen molar-refractivity contribution in [2.45, 2.75) is 39.2 Å². The first-order valence-corrected chi connectivity index (χ1v) is 6.66. The summed E-state index contributed by atoms with van der Waals surface area (Å²) in [7, 11) is 2.16. The van der Waals surface area contributed by atoms with E-state index < -0.39 is 0 Å². The molecule has 0 aromatic rings. The van der Waals surface area contributed by atoms with Crippen LogP contribution in [0.1, 0.15) is 33.6 Å². The molecule has 4 heteroatoms. The van der Waals surface area contributed by atoms with Crippen LogP contribution in [0, 0.1) is 0 Å². The molecule has 1 rings (SSSR count). The Balaban J connectivity index is 2.36. The van der Waals surface area contributed by atoms with Gasteiger partial charge in [0, 0.05) is 44.7 Å². The fourth-order valence-electron chi connectivity index (χ4n) is 2.15. The number of rotatable bonds is 5. The zero-order chi connectivity index (χ0) is 12.9. The summed E-state index contributed by atoms with van der Waals surface area (Å²) < 4.78 is 0. The maximum Gasteiger partial charge on any atom is 0.220 e. The Kier molecular flexibility index (Phi) is 5.40. The van der Waals surface area contributed by atoms with Gasteiger partial charge in [-0.2, -0.15) is 0 Å². The lowest BCUT2D eigenvalue weighted by Crippen LogP contribution is -2.57. The molecule has 0 aromatic heterocycles. The molecule has 0 aromatic carbocycles. The number of carbonyl (C=O) groups is 1. The second-order valence-corrected chi connectivity index (χ2v) is 5.63. The fraction of sp³-hybridized carbons (Fsp3) is 0.923. The van der Waals surface area contributed by atoms with Gasteiger partial charge in [0.25, 0.3) is 0 Å². The van der Waals surface area contributed by atoms with Crippen LogP contribution in [0.4, 0.5) is 0 Å². The van der Waals surface area contributed by atoms with Crippen LogP contribution in [0.3, 0.4) is 0 Å². The van der Waals surface area contributed by atoms with Crippen LogP contribution in [0.2, 0.25) is 0 Å². The van der Waals surface area contributed by atoms with Gasteiger partial charge in [-0.05, 0) is 27.3 Å². The lowest BCUT2D eigenvalue weighted by atomic mass is 10.0. The Hall–Kier alpha value is -0.610. The molecule has 0 saturated carbocycles. The third-order valence-electron chi connectivity index (χ3n) is 3.55. The normalized spacial score (nSPS) is 19.3. The van der Waals surface area contributed by atoms with Crippen LogP contribution in [0.25, 0.3) is 0 Å². The Bertz CT molecular complexity index is 245. The van der Waals surface area contributed by atoms with Gasteiger partial charge in [-0.1, -0.05) is 6.92 Å². The summed E-state index contributed by atoms with van der Waals surface area (Å²) in [5, 5.41) is 3.04. The van der Waals surface area contributed by atoms with Crippen LogP contribution in [0.15, 0.2) is 0 Å². The first-order chi connectivity index (χ1) is 7.95. The van der Waals surface area contributed by atoms with Gasteiger partial charge < -0.3 is 10.2 Å². The number of piperazine rings is 1. The van der Waals surface area contributed by atoms with Crippen molar-refractivity contribution in [2.24, 2.45) is 0 Å². The molecule has 0 aliphatic carbocycles.